The molecule has 186 valence electrons. The standard InChI is InChI=1S/C28H31N5O3/c1-18-15-21(16-19(2)29-18)30-26-8-7-23(17-24(26)27(34)35)32-12-10-22(11-13-32)33-14-9-20-5-3-4-6-25(20)31-28(33)36/h3-8,15-17,22H,9-14H2,1-2H3,(H,29,30)(H,31,36)(H,34,35). The molecular formula is C28H31N5O3. The molecule has 1 fully saturated rings. The lowest BCUT2D eigenvalue weighted by Crippen LogP contribution is -2.49. The van der Waals surface area contributed by atoms with Gasteiger partial charge in [0.15, 0.2) is 0 Å². The van der Waals surface area contributed by atoms with E-state index in [0.29, 0.717) is 12.2 Å². The van der Waals surface area contributed by atoms with Gasteiger partial charge in [-0.25, -0.2) is 9.59 Å². The second-order valence-electron chi connectivity index (χ2n) is 9.55. The van der Waals surface area contributed by atoms with E-state index in [2.05, 4.69) is 26.6 Å². The first-order valence-electron chi connectivity index (χ1n) is 12.4. The van der Waals surface area contributed by atoms with Crippen molar-refractivity contribution in [1.82, 2.24) is 9.88 Å². The largest absolute Gasteiger partial charge is 0.478 e. The summed E-state index contributed by atoms with van der Waals surface area (Å²) < 4.78 is 0. The number of piperidine rings is 1. The third-order valence-electron chi connectivity index (χ3n) is 7.01. The average molecular weight is 486 g/mol. The van der Waals surface area contributed by atoms with Crippen LogP contribution in [-0.4, -0.2) is 52.7 Å². The zero-order valence-electron chi connectivity index (χ0n) is 20.6. The molecule has 2 amide bonds. The van der Waals surface area contributed by atoms with E-state index in [0.717, 1.165) is 66.4 Å². The van der Waals surface area contributed by atoms with Gasteiger partial charge in [0.2, 0.25) is 0 Å². The number of hydrogen-bond donors (Lipinski definition) is 3. The number of benzene rings is 2. The number of carboxylic acid groups (broad SMARTS) is 1. The van der Waals surface area contributed by atoms with Gasteiger partial charge in [0, 0.05) is 54.1 Å². The summed E-state index contributed by atoms with van der Waals surface area (Å²) in [5.74, 6) is -0.975. The summed E-state index contributed by atoms with van der Waals surface area (Å²) in [5.41, 5.74) is 6.28. The molecule has 3 heterocycles. The molecule has 2 aromatic carbocycles. The fourth-order valence-electron chi connectivity index (χ4n) is 5.25. The number of nitrogens with one attached hydrogen (secondary N) is 2. The number of rotatable bonds is 5. The van der Waals surface area contributed by atoms with E-state index >= 15 is 0 Å². The SMILES string of the molecule is Cc1cc(Nc2ccc(N3CCC(N4CCc5ccccc5NC4=O)CC3)cc2C(=O)O)cc(C)n1. The van der Waals surface area contributed by atoms with Gasteiger partial charge in [-0.1, -0.05) is 18.2 Å². The molecule has 5 rings (SSSR count). The average Bonchev–Trinajstić information content (AvgIpc) is 3.02. The summed E-state index contributed by atoms with van der Waals surface area (Å²) in [4.78, 5) is 33.5. The van der Waals surface area contributed by atoms with Gasteiger partial charge in [-0.15, -0.1) is 0 Å². The number of fused-ring (bicyclic) bond motifs is 1. The summed E-state index contributed by atoms with van der Waals surface area (Å²) in [5, 5.41) is 16.2. The molecule has 0 unspecified atom stereocenters. The van der Waals surface area contributed by atoms with E-state index < -0.39 is 5.97 Å². The van der Waals surface area contributed by atoms with Crippen LogP contribution >= 0.6 is 0 Å². The number of aromatic nitrogens is 1. The molecule has 3 N–H and O–H groups in total. The number of aromatic carboxylic acids is 1. The second kappa shape index (κ2) is 9.89. The lowest BCUT2D eigenvalue weighted by atomic mass is 10.0. The first-order chi connectivity index (χ1) is 17.4. The Hall–Kier alpha value is -4.07. The summed E-state index contributed by atoms with van der Waals surface area (Å²) >= 11 is 0. The lowest BCUT2D eigenvalue weighted by molar-refractivity contribution is 0.0698. The lowest BCUT2D eigenvalue weighted by Gasteiger charge is -2.39. The van der Waals surface area contributed by atoms with Crippen LogP contribution < -0.4 is 15.5 Å². The number of para-hydroxylation sites is 1. The molecule has 0 aliphatic carbocycles. The maximum absolute atomic E-state index is 12.9. The molecule has 0 atom stereocenters. The maximum Gasteiger partial charge on any atom is 0.337 e. The number of pyridine rings is 1. The molecule has 1 aromatic heterocycles. The van der Waals surface area contributed by atoms with Gasteiger partial charge >= 0.3 is 12.0 Å². The van der Waals surface area contributed by atoms with Gasteiger partial charge in [0.25, 0.3) is 0 Å². The Kier molecular flexibility index (Phi) is 6.50. The molecule has 0 bridgehead atoms. The van der Waals surface area contributed by atoms with Crippen molar-refractivity contribution in [3.63, 3.8) is 0 Å². The summed E-state index contributed by atoms with van der Waals surface area (Å²) in [7, 11) is 0. The molecule has 0 spiro atoms. The van der Waals surface area contributed by atoms with Crippen molar-refractivity contribution in [2.75, 3.05) is 35.2 Å². The van der Waals surface area contributed by atoms with Crippen molar-refractivity contribution in [2.24, 2.45) is 0 Å². The van der Waals surface area contributed by atoms with Crippen molar-refractivity contribution >= 4 is 34.7 Å². The fourth-order valence-corrected chi connectivity index (χ4v) is 5.25. The fraction of sp³-hybridized carbons (Fsp3) is 0.321. The maximum atomic E-state index is 12.9. The minimum atomic E-state index is -0.975. The Morgan fingerprint density at radius 2 is 1.75 bits per heavy atom. The van der Waals surface area contributed by atoms with Crippen molar-refractivity contribution in [1.29, 1.82) is 0 Å². The number of carbonyl (C=O) groups excluding carboxylic acids is 1. The molecule has 36 heavy (non-hydrogen) atoms. The highest BCUT2D eigenvalue weighted by Gasteiger charge is 2.30. The van der Waals surface area contributed by atoms with Crippen LogP contribution in [0.2, 0.25) is 0 Å². The van der Waals surface area contributed by atoms with Gasteiger partial charge in [0.05, 0.1) is 11.3 Å². The minimum Gasteiger partial charge on any atom is -0.478 e. The Balaban J connectivity index is 1.27. The molecule has 1 saturated heterocycles. The van der Waals surface area contributed by atoms with Crippen LogP contribution in [0.3, 0.4) is 0 Å². The van der Waals surface area contributed by atoms with Crippen molar-refractivity contribution in [3.8, 4) is 0 Å². The predicted octanol–water partition coefficient (Wildman–Crippen LogP) is 5.20. The van der Waals surface area contributed by atoms with Gasteiger partial charge in [-0.3, -0.25) is 4.98 Å². The highest BCUT2D eigenvalue weighted by molar-refractivity contribution is 5.96. The molecule has 2 aliphatic rings. The Morgan fingerprint density at radius 3 is 2.47 bits per heavy atom. The van der Waals surface area contributed by atoms with E-state index in [1.54, 1.807) is 6.07 Å². The van der Waals surface area contributed by atoms with E-state index in [-0.39, 0.29) is 17.6 Å². The zero-order chi connectivity index (χ0) is 25.2. The van der Waals surface area contributed by atoms with E-state index in [1.165, 1.54) is 0 Å². The molecule has 8 nitrogen and oxygen atoms in total. The molecule has 0 saturated carbocycles. The molecule has 2 aliphatic heterocycles. The quantitative estimate of drug-likeness (QED) is 0.460. The van der Waals surface area contributed by atoms with Crippen LogP contribution in [0.25, 0.3) is 0 Å². The predicted molar refractivity (Wildman–Crippen MR) is 142 cm³/mol. The van der Waals surface area contributed by atoms with Gasteiger partial charge in [-0.05, 0) is 75.1 Å². The molecule has 3 aromatic rings. The van der Waals surface area contributed by atoms with Crippen LogP contribution in [0.5, 0.6) is 0 Å². The Labute approximate surface area is 211 Å². The Morgan fingerprint density at radius 1 is 1.03 bits per heavy atom. The highest BCUT2D eigenvalue weighted by Crippen LogP contribution is 2.30. The summed E-state index contributed by atoms with van der Waals surface area (Å²) in [6.07, 6.45) is 2.51. The van der Waals surface area contributed by atoms with E-state index in [1.807, 2.05) is 61.2 Å². The van der Waals surface area contributed by atoms with E-state index in [4.69, 9.17) is 0 Å². The van der Waals surface area contributed by atoms with Crippen molar-refractivity contribution in [2.45, 2.75) is 39.2 Å². The van der Waals surface area contributed by atoms with E-state index in [9.17, 15) is 14.7 Å². The number of carbonyl (C=O) groups is 2. The monoisotopic (exact) mass is 485 g/mol. The number of anilines is 4. The third kappa shape index (κ3) is 4.98. The van der Waals surface area contributed by atoms with Gasteiger partial charge in [0.1, 0.15) is 0 Å². The summed E-state index contributed by atoms with van der Waals surface area (Å²) in [6.45, 7) is 6.05. The minimum absolute atomic E-state index is 0.0384. The zero-order valence-corrected chi connectivity index (χ0v) is 20.6. The highest BCUT2D eigenvalue weighted by atomic mass is 16.4. The van der Waals surface area contributed by atoms with Crippen molar-refractivity contribution < 1.29 is 14.7 Å². The summed E-state index contributed by atoms with van der Waals surface area (Å²) in [6, 6.07) is 17.4. The first-order valence-corrected chi connectivity index (χ1v) is 12.4. The topological polar surface area (TPSA) is 97.8 Å². The number of aryl methyl sites for hydroxylation is 2. The molecule has 8 heteroatoms. The van der Waals surface area contributed by atoms with Crippen LogP contribution in [0.1, 0.15) is 40.2 Å². The second-order valence-corrected chi connectivity index (χ2v) is 9.55. The number of urea groups is 1. The van der Waals surface area contributed by atoms with Crippen LogP contribution in [0.4, 0.5) is 27.5 Å². The smallest absolute Gasteiger partial charge is 0.337 e. The first kappa shape index (κ1) is 23.7. The number of carboxylic acids is 1. The van der Waals surface area contributed by atoms with Gasteiger partial charge < -0.3 is 25.5 Å². The number of hydrogen-bond acceptors (Lipinski definition) is 5. The van der Waals surface area contributed by atoms with Crippen molar-refractivity contribution in [3.05, 3.63) is 77.1 Å². The molecule has 0 radical (unpaired) electrons. The van der Waals surface area contributed by atoms with Crippen LogP contribution in [0, 0.1) is 13.8 Å². The third-order valence-corrected chi connectivity index (χ3v) is 7.01. The molecular weight excluding hydrogens is 454 g/mol. The Bertz CT molecular complexity index is 1280. The van der Waals surface area contributed by atoms with Crippen LogP contribution in [0.15, 0.2) is 54.6 Å². The number of amides is 2. The van der Waals surface area contributed by atoms with Crippen LogP contribution in [-0.2, 0) is 6.42 Å². The van der Waals surface area contributed by atoms with Gasteiger partial charge in [-0.2, -0.15) is 0 Å². The normalized spacial score (nSPS) is 16.2. The number of nitrogens with zero attached hydrogens (tertiary/aromatic N) is 3.